The van der Waals surface area contributed by atoms with Crippen LogP contribution in [0.15, 0.2) is 17.5 Å². The summed E-state index contributed by atoms with van der Waals surface area (Å²) in [4.78, 5) is 26.7. The van der Waals surface area contributed by atoms with Crippen LogP contribution in [0.3, 0.4) is 0 Å². The fraction of sp³-hybridized carbons (Fsp3) is 0.267. The molecule has 128 valence electrons. The molecule has 0 fully saturated rings. The van der Waals surface area contributed by atoms with Crippen molar-refractivity contribution in [2.45, 2.75) is 6.42 Å². The molecule has 2 aromatic rings. The average molecular weight is 354 g/mol. The number of carbonyl (C=O) groups is 2. The molecule has 0 saturated heterocycles. The van der Waals surface area contributed by atoms with Crippen LogP contribution in [0.1, 0.15) is 25.9 Å². The molecule has 9 heteroatoms. The lowest BCUT2D eigenvalue weighted by Crippen LogP contribution is -2.26. The van der Waals surface area contributed by atoms with Crippen LogP contribution < -0.4 is 14.8 Å². The molecule has 7 nitrogen and oxygen atoms in total. The first-order valence-corrected chi connectivity index (χ1v) is 7.71. The van der Waals surface area contributed by atoms with Gasteiger partial charge in [-0.3, -0.25) is 4.79 Å². The van der Waals surface area contributed by atoms with E-state index in [9.17, 15) is 14.0 Å². The van der Waals surface area contributed by atoms with Crippen molar-refractivity contribution in [3.05, 3.63) is 39.6 Å². The summed E-state index contributed by atoms with van der Waals surface area (Å²) in [5.74, 6) is -2.00. The Morgan fingerprint density at radius 2 is 1.96 bits per heavy atom. The maximum atomic E-state index is 14.0. The zero-order chi connectivity index (χ0) is 17.7. The Hall–Kier alpha value is -2.68. The van der Waals surface area contributed by atoms with Crippen molar-refractivity contribution in [1.29, 1.82) is 0 Å². The van der Waals surface area contributed by atoms with Gasteiger partial charge in [0.25, 0.3) is 5.91 Å². The van der Waals surface area contributed by atoms with Gasteiger partial charge in [-0.15, -0.1) is 11.3 Å². The summed E-state index contributed by atoms with van der Waals surface area (Å²) in [5.41, 5.74) is -0.203. The summed E-state index contributed by atoms with van der Waals surface area (Å²) in [6.45, 7) is 0.194. The highest BCUT2D eigenvalue weighted by Gasteiger charge is 2.17. The first-order chi connectivity index (χ1) is 11.5. The van der Waals surface area contributed by atoms with Gasteiger partial charge in [-0.05, 0) is 6.07 Å². The number of aromatic nitrogens is 1. The van der Waals surface area contributed by atoms with E-state index >= 15 is 0 Å². The van der Waals surface area contributed by atoms with E-state index < -0.39 is 17.7 Å². The Bertz CT molecular complexity index is 762. The van der Waals surface area contributed by atoms with Gasteiger partial charge in [-0.1, -0.05) is 0 Å². The number of benzene rings is 1. The van der Waals surface area contributed by atoms with Crippen LogP contribution in [0.2, 0.25) is 0 Å². The molecule has 1 aromatic heterocycles. The second-order valence-electron chi connectivity index (χ2n) is 4.62. The molecule has 1 aromatic carbocycles. The van der Waals surface area contributed by atoms with Gasteiger partial charge in [0, 0.05) is 24.4 Å². The van der Waals surface area contributed by atoms with Crippen molar-refractivity contribution < 1.29 is 28.6 Å². The summed E-state index contributed by atoms with van der Waals surface area (Å²) in [5, 5.41) is 13.3. The number of rotatable bonds is 7. The van der Waals surface area contributed by atoms with Crippen LogP contribution in [-0.2, 0) is 6.42 Å². The topological polar surface area (TPSA) is 97.8 Å². The van der Waals surface area contributed by atoms with Crippen molar-refractivity contribution >= 4 is 23.2 Å². The van der Waals surface area contributed by atoms with E-state index in [1.165, 1.54) is 37.0 Å². The molecule has 0 atom stereocenters. The largest absolute Gasteiger partial charge is 0.493 e. The smallest absolute Gasteiger partial charge is 0.355 e. The molecule has 1 amide bonds. The minimum absolute atomic E-state index is 0.0349. The van der Waals surface area contributed by atoms with E-state index in [2.05, 4.69) is 10.3 Å². The molecule has 2 N–H and O–H groups in total. The van der Waals surface area contributed by atoms with Crippen molar-refractivity contribution in [3.63, 3.8) is 0 Å². The summed E-state index contributed by atoms with van der Waals surface area (Å²) < 4.78 is 24.0. The fourth-order valence-corrected chi connectivity index (χ4v) is 2.70. The lowest BCUT2D eigenvalue weighted by Gasteiger charge is -2.11. The first-order valence-electron chi connectivity index (χ1n) is 6.83. The molecular formula is C15H15FN2O5S. The summed E-state index contributed by atoms with van der Waals surface area (Å²) >= 11 is 1.19. The Labute approximate surface area is 141 Å². The van der Waals surface area contributed by atoms with Crippen LogP contribution >= 0.6 is 11.3 Å². The third kappa shape index (κ3) is 3.99. The third-order valence-corrected chi connectivity index (χ3v) is 4.02. The van der Waals surface area contributed by atoms with Crippen LogP contribution in [0, 0.1) is 5.82 Å². The number of hydrogen-bond donors (Lipinski definition) is 2. The molecule has 0 spiro atoms. The van der Waals surface area contributed by atoms with E-state index in [4.69, 9.17) is 14.6 Å². The van der Waals surface area contributed by atoms with Gasteiger partial charge in [0.05, 0.1) is 24.8 Å². The molecule has 0 bridgehead atoms. The maximum Gasteiger partial charge on any atom is 0.355 e. The molecular weight excluding hydrogens is 339 g/mol. The van der Waals surface area contributed by atoms with Gasteiger partial charge < -0.3 is 19.9 Å². The highest BCUT2D eigenvalue weighted by molar-refractivity contribution is 7.09. The van der Waals surface area contributed by atoms with Crippen molar-refractivity contribution in [2.24, 2.45) is 0 Å². The van der Waals surface area contributed by atoms with E-state index in [0.717, 1.165) is 6.07 Å². The standard InChI is InChI=1S/C15H15FN2O5S/c1-22-11-5-8(9(16)6-12(11)23-2)14(19)17-4-3-13-18-10(7-24-13)15(20)21/h5-7H,3-4H2,1-2H3,(H,17,19)(H,20,21). The number of thiazole rings is 1. The van der Waals surface area contributed by atoms with Crippen LogP contribution in [0.25, 0.3) is 0 Å². The Kier molecular flexibility index (Phi) is 5.69. The number of hydrogen-bond acceptors (Lipinski definition) is 6. The molecule has 0 radical (unpaired) electrons. The normalized spacial score (nSPS) is 10.3. The summed E-state index contributed by atoms with van der Waals surface area (Å²) in [6.07, 6.45) is 0.346. The van der Waals surface area contributed by atoms with Crippen LogP contribution in [-0.4, -0.2) is 42.7 Å². The monoisotopic (exact) mass is 354 g/mol. The number of nitrogens with one attached hydrogen (secondary N) is 1. The predicted octanol–water partition coefficient (Wildman–Crippen LogP) is 1.97. The second kappa shape index (κ2) is 7.73. The molecule has 0 unspecified atom stereocenters. The van der Waals surface area contributed by atoms with Crippen LogP contribution in [0.4, 0.5) is 4.39 Å². The number of aromatic carboxylic acids is 1. The zero-order valence-electron chi connectivity index (χ0n) is 13.0. The minimum Gasteiger partial charge on any atom is -0.493 e. The van der Waals surface area contributed by atoms with Gasteiger partial charge in [0.15, 0.2) is 17.2 Å². The summed E-state index contributed by atoms with van der Waals surface area (Å²) in [6, 6.07) is 2.34. The van der Waals surface area contributed by atoms with E-state index in [1.54, 1.807) is 0 Å². The van der Waals surface area contributed by atoms with Crippen molar-refractivity contribution in [1.82, 2.24) is 10.3 Å². The van der Waals surface area contributed by atoms with Gasteiger partial charge in [0.2, 0.25) is 0 Å². The highest BCUT2D eigenvalue weighted by atomic mass is 32.1. The molecule has 1 heterocycles. The molecule has 2 rings (SSSR count). The number of carboxylic acid groups (broad SMARTS) is 1. The molecule has 0 aliphatic heterocycles. The second-order valence-corrected chi connectivity index (χ2v) is 5.57. The molecule has 0 aliphatic rings. The lowest BCUT2D eigenvalue weighted by molar-refractivity contribution is 0.0690. The fourth-order valence-electron chi connectivity index (χ4n) is 1.93. The SMILES string of the molecule is COc1cc(F)c(C(=O)NCCc2nc(C(=O)O)cs2)cc1OC. The minimum atomic E-state index is -1.10. The number of halogens is 1. The molecule has 0 saturated carbocycles. The Morgan fingerprint density at radius 3 is 2.54 bits per heavy atom. The average Bonchev–Trinajstić information content (AvgIpc) is 3.03. The lowest BCUT2D eigenvalue weighted by atomic mass is 10.1. The Balaban J connectivity index is 2.00. The molecule has 24 heavy (non-hydrogen) atoms. The number of carbonyl (C=O) groups excluding carboxylic acids is 1. The van der Waals surface area contributed by atoms with Crippen molar-refractivity contribution in [3.8, 4) is 11.5 Å². The number of amides is 1. The number of methoxy groups -OCH3 is 2. The Morgan fingerprint density at radius 1 is 1.29 bits per heavy atom. The van der Waals surface area contributed by atoms with E-state index in [1.807, 2.05) is 0 Å². The maximum absolute atomic E-state index is 14.0. The number of carboxylic acids is 1. The van der Waals surface area contributed by atoms with Gasteiger partial charge in [-0.2, -0.15) is 0 Å². The first kappa shape index (κ1) is 17.7. The third-order valence-electron chi connectivity index (χ3n) is 3.11. The summed E-state index contributed by atoms with van der Waals surface area (Å²) in [7, 11) is 2.76. The number of ether oxygens (including phenoxy) is 2. The van der Waals surface area contributed by atoms with E-state index in [0.29, 0.717) is 11.4 Å². The zero-order valence-corrected chi connectivity index (χ0v) is 13.8. The van der Waals surface area contributed by atoms with Gasteiger partial charge in [0.1, 0.15) is 5.82 Å². The number of nitrogens with zero attached hydrogens (tertiary/aromatic N) is 1. The quantitative estimate of drug-likeness (QED) is 0.789. The molecule has 0 aliphatic carbocycles. The van der Waals surface area contributed by atoms with Crippen LogP contribution in [0.5, 0.6) is 11.5 Å². The van der Waals surface area contributed by atoms with Gasteiger partial charge in [-0.25, -0.2) is 14.2 Å². The van der Waals surface area contributed by atoms with Gasteiger partial charge >= 0.3 is 5.97 Å². The predicted molar refractivity (Wildman–Crippen MR) is 84.6 cm³/mol. The van der Waals surface area contributed by atoms with E-state index in [-0.39, 0.29) is 29.3 Å². The highest BCUT2D eigenvalue weighted by Crippen LogP contribution is 2.29. The van der Waals surface area contributed by atoms with Crippen molar-refractivity contribution in [2.75, 3.05) is 20.8 Å².